The van der Waals surface area contributed by atoms with Gasteiger partial charge in [-0.1, -0.05) is 0 Å². The van der Waals surface area contributed by atoms with Crippen LogP contribution in [0.15, 0.2) is 9.59 Å². The average Bonchev–Trinajstić information content (AvgIpc) is 2.74. The van der Waals surface area contributed by atoms with Gasteiger partial charge in [-0.05, 0) is 12.5 Å². The molecule has 2 heterocycles. The van der Waals surface area contributed by atoms with E-state index < -0.39 is 36.3 Å². The van der Waals surface area contributed by atoms with Crippen molar-refractivity contribution in [2.45, 2.75) is 26.1 Å². The zero-order chi connectivity index (χ0) is 16.7. The van der Waals surface area contributed by atoms with Crippen LogP contribution in [0, 0.1) is 6.92 Å². The Kier molecular flexibility index (Phi) is 4.14. The predicted octanol–water partition coefficient (Wildman–Crippen LogP) is 1.37. The summed E-state index contributed by atoms with van der Waals surface area (Å²) in [4.78, 5) is 37.6. The van der Waals surface area contributed by atoms with E-state index in [0.29, 0.717) is 5.56 Å². The molecule has 2 N–H and O–H groups in total. The molecule has 120 valence electrons. The molecule has 0 atom stereocenters. The first-order valence-electron chi connectivity index (χ1n) is 6.20. The number of halogens is 3. The molecular weight excluding hydrogens is 323 g/mol. The lowest BCUT2D eigenvalue weighted by atomic mass is 10.2. The van der Waals surface area contributed by atoms with Crippen molar-refractivity contribution in [3.8, 4) is 0 Å². The van der Waals surface area contributed by atoms with Crippen LogP contribution in [0.2, 0.25) is 0 Å². The molecule has 0 aliphatic rings. The van der Waals surface area contributed by atoms with E-state index in [2.05, 4.69) is 5.32 Å². The van der Waals surface area contributed by atoms with Gasteiger partial charge in [0, 0.05) is 13.6 Å². The molecule has 0 radical (unpaired) electrons. The third kappa shape index (κ3) is 2.91. The molecule has 2 rings (SSSR count). The van der Waals surface area contributed by atoms with Gasteiger partial charge in [0.1, 0.15) is 4.83 Å². The molecule has 6 nitrogen and oxygen atoms in total. The van der Waals surface area contributed by atoms with E-state index >= 15 is 0 Å². The van der Waals surface area contributed by atoms with Crippen LogP contribution in [0.1, 0.15) is 21.7 Å². The van der Waals surface area contributed by atoms with Gasteiger partial charge in [-0.25, -0.2) is 4.79 Å². The van der Waals surface area contributed by atoms with Gasteiger partial charge in [-0.15, -0.1) is 11.3 Å². The van der Waals surface area contributed by atoms with Crippen molar-refractivity contribution in [1.29, 1.82) is 0 Å². The third-order valence-corrected chi connectivity index (χ3v) is 4.43. The molecule has 2 aromatic heterocycles. The molecular formula is C12H12F3N3O3S. The van der Waals surface area contributed by atoms with Crippen molar-refractivity contribution in [2.24, 2.45) is 0 Å². The van der Waals surface area contributed by atoms with Gasteiger partial charge < -0.3 is 5.32 Å². The summed E-state index contributed by atoms with van der Waals surface area (Å²) >= 11 is 0.826. The number of amides is 1. The molecule has 0 saturated heterocycles. The van der Waals surface area contributed by atoms with E-state index in [-0.39, 0.29) is 15.1 Å². The van der Waals surface area contributed by atoms with Crippen LogP contribution in [-0.2, 0) is 6.54 Å². The Bertz CT molecular complexity index is 847. The summed E-state index contributed by atoms with van der Waals surface area (Å²) in [6.07, 6.45) is -5.64. The highest BCUT2D eigenvalue weighted by atomic mass is 32.1. The van der Waals surface area contributed by atoms with Gasteiger partial charge in [0.2, 0.25) is 0 Å². The number of alkyl halides is 3. The van der Waals surface area contributed by atoms with E-state index in [0.717, 1.165) is 15.9 Å². The van der Waals surface area contributed by atoms with E-state index in [4.69, 9.17) is 0 Å². The summed E-state index contributed by atoms with van der Waals surface area (Å²) < 4.78 is 38.0. The third-order valence-electron chi connectivity index (χ3n) is 3.12. The summed E-state index contributed by atoms with van der Waals surface area (Å²) in [5.41, 5.74) is -1.31. The minimum absolute atomic E-state index is 0.0605. The van der Waals surface area contributed by atoms with E-state index in [9.17, 15) is 27.6 Å². The number of nitrogens with zero attached hydrogens (tertiary/aromatic N) is 1. The smallest absolute Gasteiger partial charge is 0.354 e. The molecule has 0 bridgehead atoms. The molecule has 0 aliphatic heterocycles. The summed E-state index contributed by atoms with van der Waals surface area (Å²) in [5, 5.41) is 2.45. The second-order valence-corrected chi connectivity index (χ2v) is 5.59. The van der Waals surface area contributed by atoms with Gasteiger partial charge in [0.05, 0.1) is 16.7 Å². The number of hydrogen-bond acceptors (Lipinski definition) is 4. The monoisotopic (exact) mass is 335 g/mol. The van der Waals surface area contributed by atoms with E-state index in [1.807, 2.05) is 4.98 Å². The van der Waals surface area contributed by atoms with Crippen LogP contribution in [0.5, 0.6) is 0 Å². The number of hydrogen-bond donors (Lipinski definition) is 2. The lowest BCUT2D eigenvalue weighted by Gasteiger charge is -2.09. The predicted molar refractivity (Wildman–Crippen MR) is 75.5 cm³/mol. The molecule has 1 amide bonds. The van der Waals surface area contributed by atoms with Crippen LogP contribution in [-0.4, -0.2) is 28.7 Å². The van der Waals surface area contributed by atoms with Crippen LogP contribution in [0.3, 0.4) is 0 Å². The van der Waals surface area contributed by atoms with Gasteiger partial charge >= 0.3 is 11.9 Å². The minimum Gasteiger partial charge on any atom is -0.354 e. The number of thiophene rings is 1. The zero-order valence-electron chi connectivity index (χ0n) is 11.6. The lowest BCUT2D eigenvalue weighted by molar-refractivity contribution is -0.136. The molecule has 0 unspecified atom stereocenters. The fourth-order valence-electron chi connectivity index (χ4n) is 2.05. The largest absolute Gasteiger partial charge is 0.390 e. The normalized spacial score (nSPS) is 11.9. The Morgan fingerprint density at radius 3 is 2.55 bits per heavy atom. The van der Waals surface area contributed by atoms with Gasteiger partial charge in [-0.3, -0.25) is 19.1 Å². The Hall–Kier alpha value is -2.10. The molecule has 0 saturated carbocycles. The summed E-state index contributed by atoms with van der Waals surface area (Å²) in [6.45, 7) is 0.889. The van der Waals surface area contributed by atoms with E-state index in [1.165, 1.54) is 14.0 Å². The standard InChI is InChI=1S/C12H12F3N3O3S/c1-5-6-8(19)17-11(21)18(4-3-12(13,14)15)10(6)22-7(5)9(20)16-2/h3-4H2,1-2H3,(H,16,20)(H,17,19,21). The van der Waals surface area contributed by atoms with Crippen molar-refractivity contribution in [1.82, 2.24) is 14.9 Å². The van der Waals surface area contributed by atoms with Gasteiger partial charge in [0.15, 0.2) is 0 Å². The lowest BCUT2D eigenvalue weighted by Crippen LogP contribution is -2.31. The van der Waals surface area contributed by atoms with Crippen molar-refractivity contribution in [3.63, 3.8) is 0 Å². The van der Waals surface area contributed by atoms with Crippen molar-refractivity contribution in [2.75, 3.05) is 7.05 Å². The fourth-order valence-corrected chi connectivity index (χ4v) is 3.32. The van der Waals surface area contributed by atoms with Crippen LogP contribution in [0.4, 0.5) is 13.2 Å². The summed E-state index contributed by atoms with van der Waals surface area (Å²) in [6, 6.07) is 0. The Labute approximate surface area is 125 Å². The van der Waals surface area contributed by atoms with Crippen molar-refractivity contribution < 1.29 is 18.0 Å². The Morgan fingerprint density at radius 2 is 2.00 bits per heavy atom. The number of aromatic nitrogens is 2. The molecule has 10 heteroatoms. The minimum atomic E-state index is -4.43. The average molecular weight is 335 g/mol. The Morgan fingerprint density at radius 1 is 1.36 bits per heavy atom. The van der Waals surface area contributed by atoms with Crippen LogP contribution >= 0.6 is 11.3 Å². The van der Waals surface area contributed by atoms with Crippen molar-refractivity contribution in [3.05, 3.63) is 31.3 Å². The van der Waals surface area contributed by atoms with Crippen molar-refractivity contribution >= 4 is 27.5 Å². The second kappa shape index (κ2) is 5.59. The van der Waals surface area contributed by atoms with Crippen LogP contribution < -0.4 is 16.6 Å². The first kappa shape index (κ1) is 16.3. The van der Waals surface area contributed by atoms with E-state index in [1.54, 1.807) is 0 Å². The van der Waals surface area contributed by atoms with Gasteiger partial charge in [-0.2, -0.15) is 13.2 Å². The van der Waals surface area contributed by atoms with Gasteiger partial charge in [0.25, 0.3) is 11.5 Å². The number of fused-ring (bicyclic) bond motifs is 1. The topological polar surface area (TPSA) is 84.0 Å². The highest BCUT2D eigenvalue weighted by molar-refractivity contribution is 7.20. The number of H-pyrrole nitrogens is 1. The maximum Gasteiger partial charge on any atom is 0.390 e. The molecule has 0 fully saturated rings. The first-order chi connectivity index (χ1) is 10.2. The number of aryl methyl sites for hydroxylation is 2. The SMILES string of the molecule is CNC(=O)c1sc2c(c1C)c(=O)[nH]c(=O)n2CCC(F)(F)F. The number of rotatable bonds is 3. The molecule has 2 aromatic rings. The summed E-state index contributed by atoms with van der Waals surface area (Å²) in [7, 11) is 1.40. The zero-order valence-corrected chi connectivity index (χ0v) is 12.4. The molecule has 22 heavy (non-hydrogen) atoms. The summed E-state index contributed by atoms with van der Waals surface area (Å²) in [5.74, 6) is -0.465. The molecule has 0 aliphatic carbocycles. The molecule has 0 aromatic carbocycles. The quantitative estimate of drug-likeness (QED) is 0.889. The number of aromatic amines is 1. The highest BCUT2D eigenvalue weighted by Gasteiger charge is 2.28. The number of carbonyl (C=O) groups excluding carboxylic acids is 1. The first-order valence-corrected chi connectivity index (χ1v) is 7.02. The second-order valence-electron chi connectivity index (χ2n) is 4.59. The maximum absolute atomic E-state index is 12.4. The fraction of sp³-hybridized carbons (Fsp3) is 0.417. The highest BCUT2D eigenvalue weighted by Crippen LogP contribution is 2.28. The Balaban J connectivity index is 2.69. The maximum atomic E-state index is 12.4. The molecule has 0 spiro atoms. The van der Waals surface area contributed by atoms with Crippen LogP contribution in [0.25, 0.3) is 10.2 Å². The number of nitrogens with one attached hydrogen (secondary N) is 2. The number of carbonyl (C=O) groups is 1.